The van der Waals surface area contributed by atoms with Crippen molar-refractivity contribution in [1.82, 2.24) is 9.97 Å². The van der Waals surface area contributed by atoms with Crippen LogP contribution < -0.4 is 0 Å². The van der Waals surface area contributed by atoms with Crippen LogP contribution in [-0.4, -0.2) is 15.1 Å². The van der Waals surface area contributed by atoms with E-state index in [4.69, 9.17) is 0 Å². The third kappa shape index (κ3) is 1.97. The topological polar surface area (TPSA) is 46.0 Å². The van der Waals surface area contributed by atoms with Gasteiger partial charge in [0.05, 0.1) is 11.4 Å². The molecule has 0 bridgehead atoms. The van der Waals surface area contributed by atoms with E-state index in [-0.39, 0.29) is 5.75 Å². The molecule has 0 spiro atoms. The van der Waals surface area contributed by atoms with E-state index in [9.17, 15) is 5.11 Å². The molecule has 13 heavy (non-hydrogen) atoms. The second-order valence-corrected chi connectivity index (χ2v) is 3.47. The SMILES string of the molecule is CCc1nc(C(C)C)nc(C)c1O. The molecule has 1 rings (SSSR count). The van der Waals surface area contributed by atoms with E-state index in [0.29, 0.717) is 11.6 Å². The molecule has 0 fully saturated rings. The van der Waals surface area contributed by atoms with Gasteiger partial charge in [0.1, 0.15) is 5.82 Å². The summed E-state index contributed by atoms with van der Waals surface area (Å²) >= 11 is 0. The Balaban J connectivity index is 3.22. The maximum Gasteiger partial charge on any atom is 0.158 e. The summed E-state index contributed by atoms with van der Waals surface area (Å²) in [5, 5.41) is 9.58. The Morgan fingerprint density at radius 3 is 2.38 bits per heavy atom. The molecule has 3 heteroatoms. The molecule has 1 N–H and O–H groups in total. The third-order valence-electron chi connectivity index (χ3n) is 2.00. The van der Waals surface area contributed by atoms with E-state index in [1.165, 1.54) is 0 Å². The van der Waals surface area contributed by atoms with Crippen LogP contribution in [-0.2, 0) is 6.42 Å². The molecule has 0 saturated carbocycles. The van der Waals surface area contributed by atoms with Gasteiger partial charge in [-0.25, -0.2) is 9.97 Å². The number of rotatable bonds is 2. The molecule has 0 unspecified atom stereocenters. The smallest absolute Gasteiger partial charge is 0.158 e. The van der Waals surface area contributed by atoms with E-state index in [1.807, 2.05) is 27.7 Å². The van der Waals surface area contributed by atoms with Gasteiger partial charge in [-0.2, -0.15) is 0 Å². The fourth-order valence-electron chi connectivity index (χ4n) is 1.15. The van der Waals surface area contributed by atoms with E-state index in [0.717, 1.165) is 17.9 Å². The molecule has 1 aromatic rings. The highest BCUT2D eigenvalue weighted by Crippen LogP contribution is 2.21. The van der Waals surface area contributed by atoms with E-state index in [2.05, 4.69) is 9.97 Å². The monoisotopic (exact) mass is 180 g/mol. The fourth-order valence-corrected chi connectivity index (χ4v) is 1.15. The van der Waals surface area contributed by atoms with E-state index < -0.39 is 0 Å². The second-order valence-electron chi connectivity index (χ2n) is 3.47. The van der Waals surface area contributed by atoms with Crippen LogP contribution in [0.3, 0.4) is 0 Å². The minimum atomic E-state index is 0.243. The maximum atomic E-state index is 9.58. The van der Waals surface area contributed by atoms with Crippen molar-refractivity contribution in [2.45, 2.75) is 40.0 Å². The first kappa shape index (κ1) is 9.96. The second kappa shape index (κ2) is 3.73. The first-order chi connectivity index (χ1) is 6.06. The molecular formula is C10H16N2O. The predicted octanol–water partition coefficient (Wildman–Crippen LogP) is 2.18. The van der Waals surface area contributed by atoms with Crippen molar-refractivity contribution < 1.29 is 5.11 Å². The zero-order chi connectivity index (χ0) is 10.0. The molecule has 0 aliphatic carbocycles. The predicted molar refractivity (Wildman–Crippen MR) is 51.9 cm³/mol. The molecule has 72 valence electrons. The first-order valence-electron chi connectivity index (χ1n) is 4.62. The summed E-state index contributed by atoms with van der Waals surface area (Å²) in [5.41, 5.74) is 1.42. The van der Waals surface area contributed by atoms with Gasteiger partial charge in [-0.15, -0.1) is 0 Å². The maximum absolute atomic E-state index is 9.58. The molecule has 1 heterocycles. The van der Waals surface area contributed by atoms with Gasteiger partial charge >= 0.3 is 0 Å². The largest absolute Gasteiger partial charge is 0.504 e. The Morgan fingerprint density at radius 1 is 1.31 bits per heavy atom. The highest BCUT2D eigenvalue weighted by Gasteiger charge is 2.10. The van der Waals surface area contributed by atoms with Crippen LogP contribution in [0.4, 0.5) is 0 Å². The normalized spacial score (nSPS) is 10.8. The van der Waals surface area contributed by atoms with Gasteiger partial charge in [0.15, 0.2) is 5.75 Å². The lowest BCUT2D eigenvalue weighted by molar-refractivity contribution is 0.453. The quantitative estimate of drug-likeness (QED) is 0.758. The van der Waals surface area contributed by atoms with Crippen LogP contribution in [0, 0.1) is 6.92 Å². The molecular weight excluding hydrogens is 164 g/mol. The molecule has 0 atom stereocenters. The van der Waals surface area contributed by atoms with Crippen molar-refractivity contribution in [2.24, 2.45) is 0 Å². The summed E-state index contributed by atoms with van der Waals surface area (Å²) in [6.45, 7) is 7.88. The molecule has 0 aliphatic rings. The van der Waals surface area contributed by atoms with Gasteiger partial charge in [0, 0.05) is 5.92 Å². The number of hydrogen-bond acceptors (Lipinski definition) is 3. The van der Waals surface area contributed by atoms with Gasteiger partial charge in [0.2, 0.25) is 0 Å². The summed E-state index contributed by atoms with van der Waals surface area (Å²) < 4.78 is 0. The first-order valence-corrected chi connectivity index (χ1v) is 4.62. The number of aromatic nitrogens is 2. The summed E-state index contributed by atoms with van der Waals surface area (Å²) in [6, 6.07) is 0. The van der Waals surface area contributed by atoms with Crippen LogP contribution >= 0.6 is 0 Å². The van der Waals surface area contributed by atoms with Crippen molar-refractivity contribution >= 4 is 0 Å². The highest BCUT2D eigenvalue weighted by molar-refractivity contribution is 5.31. The lowest BCUT2D eigenvalue weighted by Crippen LogP contribution is -2.03. The average Bonchev–Trinajstić information content (AvgIpc) is 2.09. The molecule has 3 nitrogen and oxygen atoms in total. The lowest BCUT2D eigenvalue weighted by Gasteiger charge is -2.09. The molecule has 0 aliphatic heterocycles. The Hall–Kier alpha value is -1.12. The number of nitrogens with zero attached hydrogens (tertiary/aromatic N) is 2. The summed E-state index contributed by atoms with van der Waals surface area (Å²) in [4.78, 5) is 8.51. The minimum absolute atomic E-state index is 0.243. The Labute approximate surface area is 78.9 Å². The van der Waals surface area contributed by atoms with Gasteiger partial charge in [-0.1, -0.05) is 20.8 Å². The third-order valence-corrected chi connectivity index (χ3v) is 2.00. The molecule has 0 saturated heterocycles. The van der Waals surface area contributed by atoms with Crippen LogP contribution in [0.2, 0.25) is 0 Å². The average molecular weight is 180 g/mol. The van der Waals surface area contributed by atoms with E-state index in [1.54, 1.807) is 0 Å². The molecule has 0 radical (unpaired) electrons. The molecule has 0 amide bonds. The minimum Gasteiger partial charge on any atom is -0.504 e. The van der Waals surface area contributed by atoms with Gasteiger partial charge in [-0.05, 0) is 13.3 Å². The summed E-state index contributed by atoms with van der Waals surface area (Å²) in [5.74, 6) is 1.36. The zero-order valence-electron chi connectivity index (χ0n) is 8.63. The van der Waals surface area contributed by atoms with Crippen LogP contribution in [0.5, 0.6) is 5.75 Å². The highest BCUT2D eigenvalue weighted by atomic mass is 16.3. The number of hydrogen-bond donors (Lipinski definition) is 1. The van der Waals surface area contributed by atoms with Crippen molar-refractivity contribution in [2.75, 3.05) is 0 Å². The number of aryl methyl sites for hydroxylation is 2. The fraction of sp³-hybridized carbons (Fsp3) is 0.600. The summed E-state index contributed by atoms with van der Waals surface area (Å²) in [7, 11) is 0. The van der Waals surface area contributed by atoms with Crippen LogP contribution in [0.25, 0.3) is 0 Å². The zero-order valence-corrected chi connectivity index (χ0v) is 8.63. The Morgan fingerprint density at radius 2 is 1.92 bits per heavy atom. The van der Waals surface area contributed by atoms with Gasteiger partial charge in [0.25, 0.3) is 0 Å². The summed E-state index contributed by atoms with van der Waals surface area (Å²) in [6.07, 6.45) is 0.745. The Kier molecular flexibility index (Phi) is 2.86. The van der Waals surface area contributed by atoms with Crippen molar-refractivity contribution in [3.8, 4) is 5.75 Å². The molecule has 1 aromatic heterocycles. The van der Waals surface area contributed by atoms with Gasteiger partial charge < -0.3 is 5.11 Å². The van der Waals surface area contributed by atoms with Crippen LogP contribution in [0.1, 0.15) is 43.9 Å². The lowest BCUT2D eigenvalue weighted by atomic mass is 10.2. The van der Waals surface area contributed by atoms with E-state index >= 15 is 0 Å². The Bertz CT molecular complexity index is 308. The number of aromatic hydroxyl groups is 1. The van der Waals surface area contributed by atoms with Crippen LogP contribution in [0.15, 0.2) is 0 Å². The van der Waals surface area contributed by atoms with Crippen molar-refractivity contribution in [1.29, 1.82) is 0 Å². The molecule has 0 aromatic carbocycles. The standard InChI is InChI=1S/C10H16N2O/c1-5-8-9(13)7(4)11-10(12-8)6(2)3/h6,13H,5H2,1-4H3. The van der Waals surface area contributed by atoms with Crippen molar-refractivity contribution in [3.63, 3.8) is 0 Å². The van der Waals surface area contributed by atoms with Gasteiger partial charge in [-0.3, -0.25) is 0 Å². The van der Waals surface area contributed by atoms with Crippen molar-refractivity contribution in [3.05, 3.63) is 17.2 Å².